The molecule has 0 N–H and O–H groups in total. The van der Waals surface area contributed by atoms with Gasteiger partial charge in [-0.15, -0.1) is 0 Å². The molecule has 0 heterocycles. The first-order valence-corrected chi connectivity index (χ1v) is 9.03. The predicted molar refractivity (Wildman–Crippen MR) is 72.6 cm³/mol. The zero-order valence-corrected chi connectivity index (χ0v) is 12.8. The number of hydrogen-bond donors (Lipinski definition) is 0. The zero-order valence-electron chi connectivity index (χ0n) is 11.2. The number of halogens is 1. The smallest absolute Gasteiger partial charge is 0.258 e. The fourth-order valence-electron chi connectivity index (χ4n) is 1.39. The Morgan fingerprint density at radius 1 is 1.29 bits per heavy atom. The molecule has 0 saturated heterocycles. The second kappa shape index (κ2) is 6.03. The van der Waals surface area contributed by atoms with Crippen molar-refractivity contribution in [2.24, 2.45) is 0 Å². The Bertz CT molecular complexity index is 760. The van der Waals surface area contributed by atoms with Crippen LogP contribution in [0.4, 0.5) is 10.1 Å². The molecule has 0 saturated carbocycles. The summed E-state index contributed by atoms with van der Waals surface area (Å²) in [4.78, 5) is 9.01. The van der Waals surface area contributed by atoms with Crippen LogP contribution in [0, 0.1) is 15.9 Å². The van der Waals surface area contributed by atoms with Crippen molar-refractivity contribution in [1.29, 1.82) is 0 Å². The third-order valence-corrected chi connectivity index (χ3v) is 5.38. The van der Waals surface area contributed by atoms with Crippen LogP contribution >= 0.6 is 0 Å². The molecule has 0 aliphatic carbocycles. The van der Waals surface area contributed by atoms with Crippen LogP contribution < -0.4 is 0 Å². The Labute approximate surface area is 121 Å². The van der Waals surface area contributed by atoms with Gasteiger partial charge in [-0.05, 0) is 6.07 Å². The molecule has 1 aromatic rings. The van der Waals surface area contributed by atoms with Crippen LogP contribution in [0.5, 0.6) is 0 Å². The maximum Gasteiger partial charge on any atom is 0.304 e. The highest BCUT2D eigenvalue weighted by Crippen LogP contribution is 2.22. The van der Waals surface area contributed by atoms with Gasteiger partial charge in [0.1, 0.15) is 9.84 Å². The summed E-state index contributed by atoms with van der Waals surface area (Å²) in [5.74, 6) is -1.67. The van der Waals surface area contributed by atoms with Crippen molar-refractivity contribution >= 4 is 25.5 Å². The molecule has 0 aromatic heterocycles. The fourth-order valence-corrected chi connectivity index (χ4v) is 3.30. The van der Waals surface area contributed by atoms with Crippen LogP contribution in [-0.4, -0.2) is 51.7 Å². The lowest BCUT2D eigenvalue weighted by molar-refractivity contribution is -0.387. The van der Waals surface area contributed by atoms with E-state index in [0.717, 1.165) is 29.7 Å². The van der Waals surface area contributed by atoms with E-state index in [4.69, 9.17) is 0 Å². The number of nitro benzene ring substituents is 1. The van der Waals surface area contributed by atoms with Gasteiger partial charge >= 0.3 is 5.69 Å². The quantitative estimate of drug-likeness (QED) is 0.547. The van der Waals surface area contributed by atoms with E-state index in [1.165, 1.54) is 0 Å². The average molecular weight is 340 g/mol. The van der Waals surface area contributed by atoms with Gasteiger partial charge in [0.25, 0.3) is 0 Å². The molecule has 1 aromatic carbocycles. The second-order valence-electron chi connectivity index (χ2n) is 4.33. The summed E-state index contributed by atoms with van der Waals surface area (Å²) in [5, 5.41) is 10.5. The molecule has 1 rings (SSSR count). The molecule has 0 atom stereocenters. The molecule has 118 valence electrons. The van der Waals surface area contributed by atoms with Gasteiger partial charge < -0.3 is 0 Å². The summed E-state index contributed by atoms with van der Waals surface area (Å²) in [5.41, 5.74) is -0.840. The summed E-state index contributed by atoms with van der Waals surface area (Å²) in [7, 11) is -6.34. The number of rotatable bonds is 6. The summed E-state index contributed by atoms with van der Waals surface area (Å²) < 4.78 is 60.4. The minimum Gasteiger partial charge on any atom is -0.258 e. The van der Waals surface area contributed by atoms with E-state index in [1.807, 2.05) is 0 Å². The lowest BCUT2D eigenvalue weighted by Gasteiger charge is -2.16. The van der Waals surface area contributed by atoms with Gasteiger partial charge in [-0.1, -0.05) is 0 Å². The second-order valence-corrected chi connectivity index (χ2v) is 8.63. The van der Waals surface area contributed by atoms with Gasteiger partial charge in [-0.2, -0.15) is 8.70 Å². The van der Waals surface area contributed by atoms with Gasteiger partial charge in [0.05, 0.1) is 15.6 Å². The van der Waals surface area contributed by atoms with E-state index in [9.17, 15) is 31.3 Å². The largest absolute Gasteiger partial charge is 0.304 e. The standard InChI is InChI=1S/C10H13FN2O6S2/c1-12(5-6-20(2,16)17)21(18,19)8-3-4-10(13(14)15)9(11)7-8/h3-4,7H,5-6H2,1-2H3. The number of hydrogen-bond acceptors (Lipinski definition) is 6. The molecule has 0 radical (unpaired) electrons. The average Bonchev–Trinajstić information content (AvgIpc) is 2.34. The Kier molecular flexibility index (Phi) is 5.02. The summed E-state index contributed by atoms with van der Waals surface area (Å²) >= 11 is 0. The van der Waals surface area contributed by atoms with E-state index >= 15 is 0 Å². The minimum absolute atomic E-state index is 0.306. The number of benzene rings is 1. The monoisotopic (exact) mass is 340 g/mol. The topological polar surface area (TPSA) is 115 Å². The fraction of sp³-hybridized carbons (Fsp3) is 0.400. The molecule has 0 amide bonds. The Balaban J connectivity index is 3.08. The van der Waals surface area contributed by atoms with Crippen molar-refractivity contribution in [2.75, 3.05) is 25.6 Å². The van der Waals surface area contributed by atoms with Gasteiger partial charge in [0.2, 0.25) is 15.8 Å². The van der Waals surface area contributed by atoms with Gasteiger partial charge in [-0.3, -0.25) is 10.1 Å². The number of nitrogens with zero attached hydrogens (tertiary/aromatic N) is 2. The Morgan fingerprint density at radius 3 is 2.29 bits per heavy atom. The van der Waals surface area contributed by atoms with E-state index in [-0.39, 0.29) is 6.54 Å². The van der Waals surface area contributed by atoms with E-state index in [1.54, 1.807) is 0 Å². The van der Waals surface area contributed by atoms with E-state index < -0.39 is 46.9 Å². The van der Waals surface area contributed by atoms with Crippen LogP contribution in [0.15, 0.2) is 23.1 Å². The van der Waals surface area contributed by atoms with Crippen LogP contribution in [0.2, 0.25) is 0 Å². The van der Waals surface area contributed by atoms with Crippen molar-refractivity contribution in [3.63, 3.8) is 0 Å². The lowest BCUT2D eigenvalue weighted by atomic mass is 10.3. The van der Waals surface area contributed by atoms with Gasteiger partial charge in [-0.25, -0.2) is 16.8 Å². The molecular formula is C10H13FN2O6S2. The summed E-state index contributed by atoms with van der Waals surface area (Å²) in [6.45, 7) is -0.306. The van der Waals surface area contributed by atoms with Crippen molar-refractivity contribution in [2.45, 2.75) is 4.90 Å². The molecular weight excluding hydrogens is 327 g/mol. The Hall–Kier alpha value is -1.59. The highest BCUT2D eigenvalue weighted by Gasteiger charge is 2.25. The van der Waals surface area contributed by atoms with Crippen LogP contribution in [0.3, 0.4) is 0 Å². The summed E-state index contributed by atoms with van der Waals surface area (Å²) in [6.07, 6.45) is 0.957. The lowest BCUT2D eigenvalue weighted by Crippen LogP contribution is -2.31. The SMILES string of the molecule is CN(CCS(C)(=O)=O)S(=O)(=O)c1ccc([N+](=O)[O-])c(F)c1. The highest BCUT2D eigenvalue weighted by molar-refractivity contribution is 7.91. The zero-order chi connectivity index (χ0) is 16.4. The number of nitro groups is 1. The maximum absolute atomic E-state index is 13.4. The predicted octanol–water partition coefficient (Wildman–Crippen LogP) is 0.399. The van der Waals surface area contributed by atoms with E-state index in [2.05, 4.69) is 0 Å². The number of sulfone groups is 1. The molecule has 0 bridgehead atoms. The van der Waals surface area contributed by atoms with Crippen molar-refractivity contribution < 1.29 is 26.1 Å². The molecule has 0 aliphatic heterocycles. The maximum atomic E-state index is 13.4. The molecule has 0 spiro atoms. The third-order valence-electron chi connectivity index (χ3n) is 2.60. The Morgan fingerprint density at radius 2 is 1.86 bits per heavy atom. The van der Waals surface area contributed by atoms with Crippen LogP contribution in [0.25, 0.3) is 0 Å². The first-order chi connectivity index (χ1) is 9.45. The van der Waals surface area contributed by atoms with Crippen molar-refractivity contribution in [3.05, 3.63) is 34.1 Å². The normalized spacial score (nSPS) is 12.6. The molecule has 0 fully saturated rings. The number of sulfonamides is 1. The van der Waals surface area contributed by atoms with Gasteiger partial charge in [0.15, 0.2) is 0 Å². The first-order valence-electron chi connectivity index (χ1n) is 5.53. The van der Waals surface area contributed by atoms with Crippen molar-refractivity contribution in [3.8, 4) is 0 Å². The molecule has 21 heavy (non-hydrogen) atoms. The minimum atomic E-state index is -4.12. The molecule has 8 nitrogen and oxygen atoms in total. The molecule has 11 heteroatoms. The van der Waals surface area contributed by atoms with E-state index in [0.29, 0.717) is 6.07 Å². The molecule has 0 aliphatic rings. The molecule has 0 unspecified atom stereocenters. The highest BCUT2D eigenvalue weighted by atomic mass is 32.2. The first kappa shape index (κ1) is 17.5. The van der Waals surface area contributed by atoms with Crippen LogP contribution in [-0.2, 0) is 19.9 Å². The summed E-state index contributed by atoms with van der Waals surface area (Å²) in [6, 6.07) is 2.17. The van der Waals surface area contributed by atoms with Crippen LogP contribution in [0.1, 0.15) is 0 Å². The third kappa shape index (κ3) is 4.44. The van der Waals surface area contributed by atoms with Crippen molar-refractivity contribution in [1.82, 2.24) is 4.31 Å². The van der Waals surface area contributed by atoms with Gasteiger partial charge in [0, 0.05) is 32.0 Å².